The summed E-state index contributed by atoms with van der Waals surface area (Å²) < 4.78 is 10.6. The van der Waals surface area contributed by atoms with Gasteiger partial charge in [0.25, 0.3) is 5.69 Å². The van der Waals surface area contributed by atoms with E-state index in [1.165, 1.54) is 12.1 Å². The number of aromatic nitrogens is 1. The summed E-state index contributed by atoms with van der Waals surface area (Å²) in [5.74, 6) is -0.312. The summed E-state index contributed by atoms with van der Waals surface area (Å²) in [7, 11) is 0. The Morgan fingerprint density at radius 1 is 1.48 bits per heavy atom. The highest BCUT2D eigenvalue weighted by Crippen LogP contribution is 2.20. The molecule has 0 aromatic carbocycles. The van der Waals surface area contributed by atoms with E-state index in [-0.39, 0.29) is 23.9 Å². The van der Waals surface area contributed by atoms with Crippen LogP contribution in [0.15, 0.2) is 17.3 Å². The number of hydrogen-bond donors (Lipinski definition) is 2. The largest absolute Gasteiger partial charge is 0.475 e. The van der Waals surface area contributed by atoms with Crippen molar-refractivity contribution in [2.45, 2.75) is 19.8 Å². The van der Waals surface area contributed by atoms with Gasteiger partial charge < -0.3 is 20.4 Å². The van der Waals surface area contributed by atoms with Crippen LogP contribution in [0.1, 0.15) is 25.5 Å². The van der Waals surface area contributed by atoms with Crippen molar-refractivity contribution in [2.24, 2.45) is 10.9 Å². The van der Waals surface area contributed by atoms with E-state index in [0.717, 1.165) is 12.8 Å². The normalized spacial score (nSPS) is 11.4. The minimum absolute atomic E-state index is 0.140. The Labute approximate surface area is 121 Å². The second-order valence-electron chi connectivity index (χ2n) is 4.07. The summed E-state index contributed by atoms with van der Waals surface area (Å²) in [6, 6.07) is 2.53. The highest BCUT2D eigenvalue weighted by atomic mass is 16.6. The van der Waals surface area contributed by atoms with Crippen molar-refractivity contribution in [1.82, 2.24) is 4.98 Å². The number of nitrogens with zero attached hydrogens (tertiary/aromatic N) is 3. The smallest absolute Gasteiger partial charge is 0.299 e. The summed E-state index contributed by atoms with van der Waals surface area (Å²) >= 11 is 0. The maximum absolute atomic E-state index is 10.8. The number of oxime groups is 1. The molecule has 9 heteroatoms. The van der Waals surface area contributed by atoms with Gasteiger partial charge in [-0.3, -0.25) is 10.1 Å². The Kier molecular flexibility index (Phi) is 6.88. The zero-order valence-electron chi connectivity index (χ0n) is 11.7. The number of amidine groups is 1. The van der Waals surface area contributed by atoms with Crippen molar-refractivity contribution >= 4 is 11.5 Å². The maximum Gasteiger partial charge on any atom is 0.299 e. The van der Waals surface area contributed by atoms with Crippen LogP contribution in [0.2, 0.25) is 0 Å². The number of nitro groups is 1. The van der Waals surface area contributed by atoms with E-state index in [4.69, 9.17) is 20.4 Å². The molecule has 1 rings (SSSR count). The fourth-order valence-electron chi connectivity index (χ4n) is 1.45. The van der Waals surface area contributed by atoms with Crippen LogP contribution in [0.25, 0.3) is 0 Å². The molecule has 9 nitrogen and oxygen atoms in total. The predicted molar refractivity (Wildman–Crippen MR) is 74.6 cm³/mol. The molecule has 1 heterocycles. The topological polar surface area (TPSA) is 133 Å². The fraction of sp³-hybridized carbons (Fsp3) is 0.500. The lowest BCUT2D eigenvalue weighted by Gasteiger charge is -2.07. The van der Waals surface area contributed by atoms with Gasteiger partial charge in [0.1, 0.15) is 6.61 Å². The van der Waals surface area contributed by atoms with E-state index in [2.05, 4.69) is 17.1 Å². The molecule has 0 aliphatic heterocycles. The van der Waals surface area contributed by atoms with Crippen LogP contribution < -0.4 is 10.5 Å². The van der Waals surface area contributed by atoms with Crippen molar-refractivity contribution in [3.05, 3.63) is 27.9 Å². The second-order valence-corrected chi connectivity index (χ2v) is 4.07. The van der Waals surface area contributed by atoms with E-state index in [0.29, 0.717) is 13.2 Å². The quantitative estimate of drug-likeness (QED) is 0.175. The van der Waals surface area contributed by atoms with E-state index in [9.17, 15) is 10.1 Å². The van der Waals surface area contributed by atoms with Crippen molar-refractivity contribution in [3.63, 3.8) is 0 Å². The molecule has 1 aromatic rings. The van der Waals surface area contributed by atoms with Crippen LogP contribution >= 0.6 is 0 Å². The molecule has 0 radical (unpaired) electrons. The minimum atomic E-state index is -0.669. The maximum atomic E-state index is 10.8. The molecule has 3 N–H and O–H groups in total. The van der Waals surface area contributed by atoms with E-state index in [1.807, 2.05) is 0 Å². The summed E-state index contributed by atoms with van der Waals surface area (Å²) in [5, 5.41) is 22.2. The van der Waals surface area contributed by atoms with Gasteiger partial charge in [0.05, 0.1) is 11.5 Å². The molecule has 0 amide bonds. The fourth-order valence-corrected chi connectivity index (χ4v) is 1.45. The van der Waals surface area contributed by atoms with Gasteiger partial charge in [-0.05, 0) is 6.42 Å². The Hall–Kier alpha value is -2.42. The van der Waals surface area contributed by atoms with Crippen LogP contribution in [0.4, 0.5) is 5.69 Å². The number of nitrogens with two attached hydrogens (primary N) is 1. The molecular weight excluding hydrogens is 280 g/mol. The van der Waals surface area contributed by atoms with Crippen LogP contribution in [-0.2, 0) is 4.74 Å². The molecule has 21 heavy (non-hydrogen) atoms. The van der Waals surface area contributed by atoms with Crippen LogP contribution in [0.3, 0.4) is 0 Å². The van der Waals surface area contributed by atoms with Crippen molar-refractivity contribution in [1.29, 1.82) is 0 Å². The summed E-state index contributed by atoms with van der Waals surface area (Å²) in [5.41, 5.74) is 4.76. The summed E-state index contributed by atoms with van der Waals surface area (Å²) in [6.45, 7) is 3.36. The lowest BCUT2D eigenvalue weighted by atomic mass is 10.3. The van der Waals surface area contributed by atoms with Gasteiger partial charge in [-0.15, -0.1) is 0 Å². The average molecular weight is 298 g/mol. The first-order chi connectivity index (χ1) is 10.1. The minimum Gasteiger partial charge on any atom is -0.475 e. The molecule has 0 aliphatic rings. The number of unbranched alkanes of at least 4 members (excludes halogenated alkanes) is 1. The Morgan fingerprint density at radius 2 is 2.24 bits per heavy atom. The molecule has 0 aliphatic carbocycles. The molecule has 116 valence electrons. The first-order valence-corrected chi connectivity index (χ1v) is 6.44. The molecule has 0 bridgehead atoms. The van der Waals surface area contributed by atoms with E-state index in [1.54, 1.807) is 0 Å². The Morgan fingerprint density at radius 3 is 2.86 bits per heavy atom. The molecule has 0 spiro atoms. The predicted octanol–water partition coefficient (Wildman–Crippen LogP) is 1.28. The van der Waals surface area contributed by atoms with Crippen LogP contribution in [0.5, 0.6) is 5.88 Å². The molecule has 0 atom stereocenters. The molecule has 0 fully saturated rings. The zero-order valence-corrected chi connectivity index (χ0v) is 11.7. The monoisotopic (exact) mass is 298 g/mol. The van der Waals surface area contributed by atoms with Crippen LogP contribution in [0, 0.1) is 10.1 Å². The van der Waals surface area contributed by atoms with E-state index < -0.39 is 10.8 Å². The first kappa shape index (κ1) is 16.6. The standard InChI is InChI=1S/C12H18N4O5/c1-2-3-6-20-7-8-21-10-5-4-9(16(18)19)11(14-10)12(13)15-17/h4-5,17H,2-3,6-8H2,1H3,(H2,13,15). The highest BCUT2D eigenvalue weighted by molar-refractivity contribution is 5.98. The molecule has 0 unspecified atom stereocenters. The number of rotatable bonds is 9. The van der Waals surface area contributed by atoms with Gasteiger partial charge >= 0.3 is 0 Å². The summed E-state index contributed by atoms with van der Waals surface area (Å²) in [4.78, 5) is 14.0. The zero-order chi connectivity index (χ0) is 15.7. The van der Waals surface area contributed by atoms with Gasteiger partial charge in [0, 0.05) is 18.7 Å². The van der Waals surface area contributed by atoms with Crippen molar-refractivity contribution in [2.75, 3.05) is 19.8 Å². The van der Waals surface area contributed by atoms with Crippen LogP contribution in [-0.4, -0.2) is 40.8 Å². The third-order valence-electron chi connectivity index (χ3n) is 2.52. The number of hydrogen-bond acceptors (Lipinski definition) is 7. The van der Waals surface area contributed by atoms with Gasteiger partial charge in [-0.2, -0.15) is 0 Å². The Bertz CT molecular complexity index is 506. The molecule has 0 saturated heterocycles. The van der Waals surface area contributed by atoms with Gasteiger partial charge in [0.15, 0.2) is 11.5 Å². The summed E-state index contributed by atoms with van der Waals surface area (Å²) in [6.07, 6.45) is 2.03. The average Bonchev–Trinajstić information content (AvgIpc) is 2.49. The van der Waals surface area contributed by atoms with E-state index >= 15 is 0 Å². The van der Waals surface area contributed by atoms with Crippen molar-refractivity contribution in [3.8, 4) is 5.88 Å². The SMILES string of the molecule is CCCCOCCOc1ccc([N+](=O)[O-])c(/C(N)=N/O)n1. The van der Waals surface area contributed by atoms with Crippen molar-refractivity contribution < 1.29 is 19.6 Å². The number of pyridine rings is 1. The molecular formula is C12H18N4O5. The third-order valence-corrected chi connectivity index (χ3v) is 2.52. The third kappa shape index (κ3) is 5.22. The Balaban J connectivity index is 2.66. The van der Waals surface area contributed by atoms with Gasteiger partial charge in [-0.25, -0.2) is 4.98 Å². The first-order valence-electron chi connectivity index (χ1n) is 6.44. The number of ether oxygens (including phenoxy) is 2. The lowest BCUT2D eigenvalue weighted by molar-refractivity contribution is -0.385. The van der Waals surface area contributed by atoms with Gasteiger partial charge in [0.2, 0.25) is 5.88 Å². The highest BCUT2D eigenvalue weighted by Gasteiger charge is 2.20. The molecule has 0 saturated carbocycles. The molecule has 1 aromatic heterocycles. The van der Waals surface area contributed by atoms with Gasteiger partial charge in [-0.1, -0.05) is 18.5 Å². The second kappa shape index (κ2) is 8.69. The lowest BCUT2D eigenvalue weighted by Crippen LogP contribution is -2.18.